The molecular formula is C20H31NO3. The zero-order chi connectivity index (χ0) is 17.4. The Hall–Kier alpha value is -1.71. The summed E-state index contributed by atoms with van der Waals surface area (Å²) in [6, 6.07) is 5.86. The number of carbonyl (C=O) groups excluding carboxylic acids is 1. The number of benzene rings is 1. The summed E-state index contributed by atoms with van der Waals surface area (Å²) in [6.07, 6.45) is 6.61. The molecule has 1 saturated carbocycles. The van der Waals surface area contributed by atoms with Crippen LogP contribution in [0.3, 0.4) is 0 Å². The van der Waals surface area contributed by atoms with Crippen LogP contribution in [0.25, 0.3) is 0 Å². The molecule has 1 aliphatic carbocycles. The first-order chi connectivity index (χ1) is 11.6. The third kappa shape index (κ3) is 6.06. The molecule has 24 heavy (non-hydrogen) atoms. The van der Waals surface area contributed by atoms with Crippen LogP contribution < -0.4 is 14.8 Å². The summed E-state index contributed by atoms with van der Waals surface area (Å²) in [4.78, 5) is 12.0. The number of methoxy groups -OCH3 is 1. The highest BCUT2D eigenvalue weighted by Crippen LogP contribution is 2.29. The Bertz CT molecular complexity index is 522. The van der Waals surface area contributed by atoms with Crippen LogP contribution >= 0.6 is 0 Å². The number of hydrogen-bond acceptors (Lipinski definition) is 3. The van der Waals surface area contributed by atoms with Crippen molar-refractivity contribution in [2.45, 2.75) is 58.9 Å². The molecule has 1 fully saturated rings. The van der Waals surface area contributed by atoms with Gasteiger partial charge in [-0.05, 0) is 48.8 Å². The van der Waals surface area contributed by atoms with Crippen LogP contribution in [-0.4, -0.2) is 19.6 Å². The third-order valence-electron chi connectivity index (χ3n) is 4.62. The van der Waals surface area contributed by atoms with E-state index < -0.39 is 0 Å². The molecule has 0 aromatic heterocycles. The molecule has 0 saturated heterocycles. The Balaban J connectivity index is 1.83. The summed E-state index contributed by atoms with van der Waals surface area (Å²) in [5, 5.41) is 3.02. The molecule has 0 radical (unpaired) electrons. The van der Waals surface area contributed by atoms with Crippen LogP contribution in [0.2, 0.25) is 0 Å². The SMILES string of the molecule is COc1cc(CNC(=O)CC2CCCC2)ccc1OCCC(C)C. The molecule has 4 heteroatoms. The largest absolute Gasteiger partial charge is 0.493 e. The van der Waals surface area contributed by atoms with Gasteiger partial charge in [-0.15, -0.1) is 0 Å². The molecule has 0 heterocycles. The summed E-state index contributed by atoms with van der Waals surface area (Å²) < 4.78 is 11.2. The maximum atomic E-state index is 12.0. The van der Waals surface area contributed by atoms with E-state index in [1.807, 2.05) is 18.2 Å². The van der Waals surface area contributed by atoms with Gasteiger partial charge in [-0.1, -0.05) is 32.8 Å². The van der Waals surface area contributed by atoms with Crippen molar-refractivity contribution in [1.29, 1.82) is 0 Å². The van der Waals surface area contributed by atoms with Crippen LogP contribution in [-0.2, 0) is 11.3 Å². The molecule has 2 rings (SSSR count). The van der Waals surface area contributed by atoms with Gasteiger partial charge in [0.1, 0.15) is 0 Å². The normalized spacial score (nSPS) is 14.8. The van der Waals surface area contributed by atoms with Gasteiger partial charge < -0.3 is 14.8 Å². The molecule has 134 valence electrons. The topological polar surface area (TPSA) is 47.6 Å². The highest BCUT2D eigenvalue weighted by molar-refractivity contribution is 5.76. The molecule has 1 N–H and O–H groups in total. The van der Waals surface area contributed by atoms with E-state index in [1.165, 1.54) is 25.7 Å². The number of amides is 1. The lowest BCUT2D eigenvalue weighted by Gasteiger charge is -2.14. The Labute approximate surface area is 145 Å². The van der Waals surface area contributed by atoms with E-state index in [-0.39, 0.29) is 5.91 Å². The number of rotatable bonds is 9. The molecule has 1 aromatic carbocycles. The molecule has 0 atom stereocenters. The van der Waals surface area contributed by atoms with Crippen LogP contribution in [0.5, 0.6) is 11.5 Å². The Morgan fingerprint density at radius 2 is 2.00 bits per heavy atom. The first-order valence-corrected chi connectivity index (χ1v) is 9.15. The molecule has 0 aliphatic heterocycles. The number of carbonyl (C=O) groups is 1. The van der Waals surface area contributed by atoms with Crippen molar-refractivity contribution in [3.63, 3.8) is 0 Å². The average molecular weight is 333 g/mol. The monoisotopic (exact) mass is 333 g/mol. The smallest absolute Gasteiger partial charge is 0.220 e. The van der Waals surface area contributed by atoms with Crippen LogP contribution in [0.15, 0.2) is 18.2 Å². The quantitative estimate of drug-likeness (QED) is 0.732. The zero-order valence-corrected chi connectivity index (χ0v) is 15.3. The van der Waals surface area contributed by atoms with E-state index in [9.17, 15) is 4.79 Å². The summed E-state index contributed by atoms with van der Waals surface area (Å²) in [5.74, 6) is 2.83. The molecular weight excluding hydrogens is 302 g/mol. The van der Waals surface area contributed by atoms with Crippen LogP contribution in [0.4, 0.5) is 0 Å². The van der Waals surface area contributed by atoms with Crippen molar-refractivity contribution >= 4 is 5.91 Å². The highest BCUT2D eigenvalue weighted by Gasteiger charge is 2.18. The molecule has 1 aromatic rings. The Morgan fingerprint density at radius 3 is 2.67 bits per heavy atom. The summed E-state index contributed by atoms with van der Waals surface area (Å²) in [6.45, 7) is 5.58. The first-order valence-electron chi connectivity index (χ1n) is 9.15. The lowest BCUT2D eigenvalue weighted by atomic mass is 10.0. The molecule has 1 aliphatic rings. The lowest BCUT2D eigenvalue weighted by molar-refractivity contribution is -0.122. The minimum atomic E-state index is 0.151. The minimum Gasteiger partial charge on any atom is -0.493 e. The van der Waals surface area contributed by atoms with E-state index in [1.54, 1.807) is 7.11 Å². The van der Waals surface area contributed by atoms with Gasteiger partial charge in [-0.3, -0.25) is 4.79 Å². The van der Waals surface area contributed by atoms with Crippen molar-refractivity contribution in [3.05, 3.63) is 23.8 Å². The van der Waals surface area contributed by atoms with E-state index >= 15 is 0 Å². The van der Waals surface area contributed by atoms with Crippen molar-refractivity contribution in [3.8, 4) is 11.5 Å². The van der Waals surface area contributed by atoms with Gasteiger partial charge in [-0.25, -0.2) is 0 Å². The number of hydrogen-bond donors (Lipinski definition) is 1. The lowest BCUT2D eigenvalue weighted by Crippen LogP contribution is -2.24. The van der Waals surface area contributed by atoms with E-state index in [4.69, 9.17) is 9.47 Å². The number of nitrogens with one attached hydrogen (secondary N) is 1. The number of ether oxygens (including phenoxy) is 2. The standard InChI is InChI=1S/C20H31NO3/c1-15(2)10-11-24-18-9-8-17(12-19(18)23-3)14-21-20(22)13-16-6-4-5-7-16/h8-9,12,15-16H,4-7,10-11,13-14H2,1-3H3,(H,21,22). The van der Waals surface area contributed by atoms with E-state index in [0.717, 1.165) is 23.5 Å². The highest BCUT2D eigenvalue weighted by atomic mass is 16.5. The fourth-order valence-electron chi connectivity index (χ4n) is 3.10. The molecule has 0 spiro atoms. The van der Waals surface area contributed by atoms with Gasteiger partial charge in [0.05, 0.1) is 13.7 Å². The molecule has 0 unspecified atom stereocenters. The Kier molecular flexibility index (Phi) is 7.41. The average Bonchev–Trinajstić information content (AvgIpc) is 3.06. The maximum absolute atomic E-state index is 12.0. The van der Waals surface area contributed by atoms with Crippen LogP contribution in [0.1, 0.15) is 57.9 Å². The second-order valence-electron chi connectivity index (χ2n) is 7.15. The van der Waals surface area contributed by atoms with Gasteiger partial charge in [0.2, 0.25) is 5.91 Å². The van der Waals surface area contributed by atoms with Crippen LogP contribution in [0, 0.1) is 11.8 Å². The van der Waals surface area contributed by atoms with Crippen molar-refractivity contribution in [1.82, 2.24) is 5.32 Å². The first kappa shape index (κ1) is 18.6. The third-order valence-corrected chi connectivity index (χ3v) is 4.62. The van der Waals surface area contributed by atoms with Gasteiger partial charge >= 0.3 is 0 Å². The van der Waals surface area contributed by atoms with Gasteiger partial charge in [0.25, 0.3) is 0 Å². The Morgan fingerprint density at radius 1 is 1.25 bits per heavy atom. The minimum absolute atomic E-state index is 0.151. The zero-order valence-electron chi connectivity index (χ0n) is 15.3. The summed E-state index contributed by atoms with van der Waals surface area (Å²) in [5.41, 5.74) is 1.03. The van der Waals surface area contributed by atoms with Crippen molar-refractivity contribution in [2.24, 2.45) is 11.8 Å². The molecule has 0 bridgehead atoms. The van der Waals surface area contributed by atoms with Crippen molar-refractivity contribution in [2.75, 3.05) is 13.7 Å². The predicted molar refractivity (Wildman–Crippen MR) is 96.4 cm³/mol. The van der Waals surface area contributed by atoms with Gasteiger partial charge in [-0.2, -0.15) is 0 Å². The maximum Gasteiger partial charge on any atom is 0.220 e. The van der Waals surface area contributed by atoms with E-state index in [2.05, 4.69) is 19.2 Å². The summed E-state index contributed by atoms with van der Waals surface area (Å²) >= 11 is 0. The van der Waals surface area contributed by atoms with Crippen molar-refractivity contribution < 1.29 is 14.3 Å². The molecule has 4 nitrogen and oxygen atoms in total. The van der Waals surface area contributed by atoms with E-state index in [0.29, 0.717) is 31.4 Å². The fourth-order valence-corrected chi connectivity index (χ4v) is 3.10. The summed E-state index contributed by atoms with van der Waals surface area (Å²) in [7, 11) is 1.65. The molecule has 1 amide bonds. The van der Waals surface area contributed by atoms with Gasteiger partial charge in [0, 0.05) is 13.0 Å². The second kappa shape index (κ2) is 9.55. The van der Waals surface area contributed by atoms with Gasteiger partial charge in [0.15, 0.2) is 11.5 Å². The predicted octanol–water partition coefficient (Wildman–Crippen LogP) is 4.32. The fraction of sp³-hybridized carbons (Fsp3) is 0.650. The second-order valence-corrected chi connectivity index (χ2v) is 7.15.